The van der Waals surface area contributed by atoms with E-state index in [1.807, 2.05) is 55.5 Å². The second kappa shape index (κ2) is 5.63. The zero-order chi connectivity index (χ0) is 12.3. The van der Waals surface area contributed by atoms with Gasteiger partial charge in [0, 0.05) is 0 Å². The molecule has 1 nitrogen and oxygen atoms in total. The van der Waals surface area contributed by atoms with Crippen LogP contribution in [-0.4, -0.2) is 19.6 Å². The maximum absolute atomic E-state index is 12.1. The van der Waals surface area contributed by atoms with Crippen molar-refractivity contribution in [1.82, 2.24) is 0 Å². The summed E-state index contributed by atoms with van der Waals surface area (Å²) in [5, 5.41) is 0. The van der Waals surface area contributed by atoms with Crippen LogP contribution in [0.4, 0.5) is 0 Å². The van der Waals surface area contributed by atoms with Crippen molar-refractivity contribution in [2.75, 3.05) is 0 Å². The van der Waals surface area contributed by atoms with Crippen molar-refractivity contribution in [1.29, 1.82) is 0 Å². The van der Waals surface area contributed by atoms with Crippen LogP contribution in [0.3, 0.4) is 0 Å². The summed E-state index contributed by atoms with van der Waals surface area (Å²) in [4.78, 5) is 12.1. The summed E-state index contributed by atoms with van der Waals surface area (Å²) in [5.41, 5.74) is 1.90. The van der Waals surface area contributed by atoms with E-state index in [1.165, 1.54) is 0 Å². The van der Waals surface area contributed by atoms with Gasteiger partial charge in [-0.15, -0.1) is 0 Å². The Bertz CT molecular complexity index is 534. The molecular formula is C14H11BrOSe. The van der Waals surface area contributed by atoms with Gasteiger partial charge in [-0.25, -0.2) is 0 Å². The molecule has 0 saturated carbocycles. The van der Waals surface area contributed by atoms with E-state index >= 15 is 0 Å². The van der Waals surface area contributed by atoms with Crippen LogP contribution in [0.25, 0.3) is 0 Å². The predicted molar refractivity (Wildman–Crippen MR) is 75.0 cm³/mol. The standard InChI is InChI=1S/C14H11BrOSe/c1-10-4-2-3-5-13(10)14(16)17-12-8-6-11(15)7-9-12/h2-9H,1H3. The van der Waals surface area contributed by atoms with E-state index in [0.29, 0.717) is 0 Å². The molecule has 0 unspecified atom stereocenters. The molecule has 0 atom stereocenters. The number of hydrogen-bond donors (Lipinski definition) is 0. The molecule has 0 aliphatic rings. The molecule has 0 aliphatic carbocycles. The van der Waals surface area contributed by atoms with Crippen molar-refractivity contribution in [2.24, 2.45) is 0 Å². The summed E-state index contributed by atoms with van der Waals surface area (Å²) >= 11 is 3.24. The first kappa shape index (κ1) is 12.6. The van der Waals surface area contributed by atoms with Crippen LogP contribution >= 0.6 is 15.9 Å². The van der Waals surface area contributed by atoms with Crippen molar-refractivity contribution < 1.29 is 4.79 Å². The summed E-state index contributed by atoms with van der Waals surface area (Å²) in [7, 11) is 0. The molecular weight excluding hydrogens is 343 g/mol. The van der Waals surface area contributed by atoms with Crippen LogP contribution in [0.1, 0.15) is 15.9 Å². The minimum absolute atomic E-state index is 0.146. The van der Waals surface area contributed by atoms with Gasteiger partial charge in [-0.3, -0.25) is 0 Å². The molecule has 0 aliphatic heterocycles. The molecule has 0 amide bonds. The fraction of sp³-hybridized carbons (Fsp3) is 0.0714. The molecule has 17 heavy (non-hydrogen) atoms. The number of aryl methyl sites for hydroxylation is 1. The van der Waals surface area contributed by atoms with Crippen LogP contribution in [0, 0.1) is 6.92 Å². The Kier molecular flexibility index (Phi) is 4.16. The third-order valence-corrected chi connectivity index (χ3v) is 4.83. The molecule has 86 valence electrons. The summed E-state index contributed by atoms with van der Waals surface area (Å²) in [6, 6.07) is 15.7. The average Bonchev–Trinajstić information content (AvgIpc) is 2.32. The van der Waals surface area contributed by atoms with Crippen LogP contribution in [0.5, 0.6) is 0 Å². The zero-order valence-corrected chi connectivity index (χ0v) is 12.6. The predicted octanol–water partition coefficient (Wildman–Crippen LogP) is 2.93. The average molecular weight is 354 g/mol. The Labute approximate surface area is 116 Å². The number of halogens is 1. The van der Waals surface area contributed by atoms with Crippen LogP contribution in [0.15, 0.2) is 53.0 Å². The van der Waals surface area contributed by atoms with Gasteiger partial charge < -0.3 is 0 Å². The molecule has 0 spiro atoms. The molecule has 0 heterocycles. The van der Waals surface area contributed by atoms with Gasteiger partial charge in [-0.1, -0.05) is 0 Å². The zero-order valence-electron chi connectivity index (χ0n) is 9.31. The van der Waals surface area contributed by atoms with E-state index < -0.39 is 0 Å². The van der Waals surface area contributed by atoms with Crippen LogP contribution in [-0.2, 0) is 0 Å². The van der Waals surface area contributed by atoms with Gasteiger partial charge in [0.25, 0.3) is 0 Å². The third kappa shape index (κ3) is 3.29. The molecule has 2 aromatic carbocycles. The van der Waals surface area contributed by atoms with Crippen molar-refractivity contribution in [3.8, 4) is 0 Å². The summed E-state index contributed by atoms with van der Waals surface area (Å²) in [5.74, 6) is 0. The van der Waals surface area contributed by atoms with Gasteiger partial charge in [0.15, 0.2) is 0 Å². The minimum atomic E-state index is -0.146. The molecule has 0 saturated heterocycles. The monoisotopic (exact) mass is 354 g/mol. The summed E-state index contributed by atoms with van der Waals surface area (Å²) < 4.78 is 2.38. The van der Waals surface area contributed by atoms with Crippen molar-refractivity contribution in [3.63, 3.8) is 0 Å². The van der Waals surface area contributed by atoms with Crippen molar-refractivity contribution in [3.05, 3.63) is 64.1 Å². The molecule has 0 fully saturated rings. The van der Waals surface area contributed by atoms with E-state index in [1.54, 1.807) is 0 Å². The Hall–Kier alpha value is -0.891. The quantitative estimate of drug-likeness (QED) is 0.775. The first-order valence-electron chi connectivity index (χ1n) is 5.20. The number of carbonyl (C=O) groups is 1. The summed E-state index contributed by atoms with van der Waals surface area (Å²) in [6.45, 7) is 1.98. The molecule has 3 heteroatoms. The number of benzene rings is 2. The normalized spacial score (nSPS) is 10.2. The maximum atomic E-state index is 12.1. The fourth-order valence-electron chi connectivity index (χ4n) is 1.47. The molecule has 0 bridgehead atoms. The number of hydrogen-bond acceptors (Lipinski definition) is 1. The first-order chi connectivity index (χ1) is 8.16. The van der Waals surface area contributed by atoms with Gasteiger partial charge >= 0.3 is 116 Å². The SMILES string of the molecule is Cc1ccccc1C(=O)[Se]c1ccc(Br)cc1. The fourth-order valence-corrected chi connectivity index (χ4v) is 3.46. The summed E-state index contributed by atoms with van der Waals surface area (Å²) in [6.07, 6.45) is 0. The van der Waals surface area contributed by atoms with Gasteiger partial charge in [0.05, 0.1) is 0 Å². The number of carbonyl (C=O) groups excluding carboxylic acids is 1. The van der Waals surface area contributed by atoms with E-state index in [4.69, 9.17) is 0 Å². The van der Waals surface area contributed by atoms with Crippen molar-refractivity contribution in [2.45, 2.75) is 6.92 Å². The Morgan fingerprint density at radius 3 is 2.35 bits per heavy atom. The molecule has 2 rings (SSSR count). The van der Waals surface area contributed by atoms with E-state index in [9.17, 15) is 4.79 Å². The van der Waals surface area contributed by atoms with Gasteiger partial charge in [0.2, 0.25) is 0 Å². The Balaban J connectivity index is 2.17. The molecule has 0 aromatic heterocycles. The Morgan fingerprint density at radius 2 is 1.71 bits per heavy atom. The molecule has 0 N–H and O–H groups in total. The van der Waals surface area contributed by atoms with E-state index in [-0.39, 0.29) is 19.6 Å². The van der Waals surface area contributed by atoms with Gasteiger partial charge in [-0.2, -0.15) is 0 Å². The second-order valence-electron chi connectivity index (χ2n) is 3.66. The van der Waals surface area contributed by atoms with Crippen LogP contribution in [0.2, 0.25) is 0 Å². The topological polar surface area (TPSA) is 17.1 Å². The van der Waals surface area contributed by atoms with Gasteiger partial charge in [0.1, 0.15) is 0 Å². The van der Waals surface area contributed by atoms with E-state index in [2.05, 4.69) is 15.9 Å². The van der Waals surface area contributed by atoms with E-state index in [0.717, 1.165) is 20.1 Å². The second-order valence-corrected chi connectivity index (χ2v) is 6.77. The Morgan fingerprint density at radius 1 is 1.06 bits per heavy atom. The third-order valence-electron chi connectivity index (χ3n) is 2.39. The van der Waals surface area contributed by atoms with Crippen molar-refractivity contribution >= 4 is 40.0 Å². The molecule has 2 aromatic rings. The first-order valence-corrected chi connectivity index (χ1v) is 7.71. The van der Waals surface area contributed by atoms with Crippen LogP contribution < -0.4 is 4.46 Å². The molecule has 0 radical (unpaired) electrons. The van der Waals surface area contributed by atoms with Gasteiger partial charge in [-0.05, 0) is 0 Å². The number of rotatable bonds is 3.